The summed E-state index contributed by atoms with van der Waals surface area (Å²) in [5.41, 5.74) is -6.31. The maximum absolute atomic E-state index is 14.5. The van der Waals surface area contributed by atoms with Crippen LogP contribution in [0.15, 0.2) is 71.8 Å². The summed E-state index contributed by atoms with van der Waals surface area (Å²) in [6, 6.07) is 16.3. The van der Waals surface area contributed by atoms with Crippen molar-refractivity contribution in [1.82, 2.24) is 0 Å². The summed E-state index contributed by atoms with van der Waals surface area (Å²) >= 11 is 0. The molecule has 2 aromatic rings. The molecule has 6 rings (SSSR count). The van der Waals surface area contributed by atoms with Crippen LogP contribution in [0.1, 0.15) is 88.9 Å². The fraction of sp³-hybridized carbons (Fsp3) is 0.524. The van der Waals surface area contributed by atoms with Crippen molar-refractivity contribution in [1.29, 1.82) is 0 Å². The summed E-state index contributed by atoms with van der Waals surface area (Å²) in [5.74, 6) is -5.89. The molecule has 1 N–H and O–H groups in total. The molecule has 1 heterocycles. The van der Waals surface area contributed by atoms with Gasteiger partial charge in [0.2, 0.25) is 0 Å². The number of fused-ring (bicyclic) bond motifs is 4. The monoisotopic (exact) mass is 776 g/mol. The van der Waals surface area contributed by atoms with E-state index >= 15 is 0 Å². The number of rotatable bonds is 9. The Kier molecular flexibility index (Phi) is 10.7. The van der Waals surface area contributed by atoms with Crippen LogP contribution >= 0.6 is 0 Å². The lowest BCUT2D eigenvalue weighted by Gasteiger charge is -2.65. The Bertz CT molecular complexity index is 1930. The van der Waals surface area contributed by atoms with Crippen LogP contribution in [0.4, 0.5) is 0 Å². The van der Waals surface area contributed by atoms with E-state index in [1.165, 1.54) is 27.7 Å². The third-order valence-electron chi connectivity index (χ3n) is 12.1. The van der Waals surface area contributed by atoms with Gasteiger partial charge in [-0.1, -0.05) is 43.3 Å². The van der Waals surface area contributed by atoms with E-state index in [9.17, 15) is 33.9 Å². The van der Waals surface area contributed by atoms with Crippen molar-refractivity contribution in [2.45, 2.75) is 116 Å². The van der Waals surface area contributed by atoms with E-state index in [4.69, 9.17) is 33.2 Å². The molecule has 0 radical (unpaired) electrons. The molecule has 0 aromatic heterocycles. The molecule has 56 heavy (non-hydrogen) atoms. The summed E-state index contributed by atoms with van der Waals surface area (Å²) in [6.07, 6.45) is -8.24. The van der Waals surface area contributed by atoms with Gasteiger partial charge in [0.1, 0.15) is 24.4 Å². The Morgan fingerprint density at radius 2 is 1.27 bits per heavy atom. The molecule has 0 bridgehead atoms. The van der Waals surface area contributed by atoms with Gasteiger partial charge in [-0.05, 0) is 56.2 Å². The second-order valence-electron chi connectivity index (χ2n) is 15.9. The van der Waals surface area contributed by atoms with E-state index in [0.717, 1.165) is 13.8 Å². The predicted octanol–water partition coefficient (Wildman–Crippen LogP) is 4.45. The number of benzene rings is 2. The Morgan fingerprint density at radius 3 is 1.73 bits per heavy atom. The summed E-state index contributed by atoms with van der Waals surface area (Å²) in [4.78, 5) is 81.0. The lowest BCUT2D eigenvalue weighted by Crippen LogP contribution is -2.79. The lowest BCUT2D eigenvalue weighted by atomic mass is 9.49. The zero-order valence-electron chi connectivity index (χ0n) is 32.7. The molecule has 14 nitrogen and oxygen atoms in total. The first kappa shape index (κ1) is 40.6. The van der Waals surface area contributed by atoms with Crippen molar-refractivity contribution in [2.75, 3.05) is 6.61 Å². The zero-order valence-corrected chi connectivity index (χ0v) is 32.7. The second kappa shape index (κ2) is 14.8. The first-order valence-electron chi connectivity index (χ1n) is 18.6. The minimum absolute atomic E-state index is 0.0909. The zero-order chi connectivity index (χ0) is 41.0. The maximum Gasteiger partial charge on any atom is 0.338 e. The summed E-state index contributed by atoms with van der Waals surface area (Å²) < 4.78 is 43.8. The van der Waals surface area contributed by atoms with E-state index in [2.05, 4.69) is 0 Å². The molecule has 300 valence electrons. The predicted molar refractivity (Wildman–Crippen MR) is 194 cm³/mol. The van der Waals surface area contributed by atoms with Gasteiger partial charge in [-0.2, -0.15) is 0 Å². The first-order valence-corrected chi connectivity index (χ1v) is 18.6. The summed E-state index contributed by atoms with van der Waals surface area (Å²) in [6.45, 7) is 10.8. The Labute approximate surface area is 324 Å². The molecule has 0 unspecified atom stereocenters. The maximum atomic E-state index is 14.5. The molecule has 2 saturated carbocycles. The summed E-state index contributed by atoms with van der Waals surface area (Å²) in [7, 11) is 0. The van der Waals surface area contributed by atoms with Gasteiger partial charge in [0.25, 0.3) is 0 Å². The van der Waals surface area contributed by atoms with Gasteiger partial charge < -0.3 is 38.3 Å². The van der Waals surface area contributed by atoms with Crippen LogP contribution in [0.3, 0.4) is 0 Å². The highest BCUT2D eigenvalue weighted by Crippen LogP contribution is 2.69. The van der Waals surface area contributed by atoms with Gasteiger partial charge in [-0.3, -0.25) is 19.2 Å². The normalized spacial score (nSPS) is 33.2. The quantitative estimate of drug-likeness (QED) is 0.214. The number of carbonyl (C=O) groups excluding carboxylic acids is 6. The molecule has 4 aliphatic rings. The van der Waals surface area contributed by atoms with Crippen LogP contribution in [-0.2, 0) is 52.3 Å². The number of esters is 6. The van der Waals surface area contributed by atoms with Gasteiger partial charge >= 0.3 is 35.8 Å². The van der Waals surface area contributed by atoms with Crippen LogP contribution in [0.25, 0.3) is 0 Å². The Balaban J connectivity index is 1.75. The van der Waals surface area contributed by atoms with E-state index in [1.54, 1.807) is 74.5 Å². The van der Waals surface area contributed by atoms with Gasteiger partial charge in [-0.25, -0.2) is 9.59 Å². The lowest BCUT2D eigenvalue weighted by molar-refractivity contribution is -0.350. The highest BCUT2D eigenvalue weighted by atomic mass is 16.6. The molecule has 0 amide bonds. The Morgan fingerprint density at radius 1 is 0.732 bits per heavy atom. The molecule has 3 aliphatic carbocycles. The second-order valence-corrected chi connectivity index (χ2v) is 15.9. The molecule has 0 spiro atoms. The minimum Gasteiger partial charge on any atom is -0.458 e. The molecule has 14 heteroatoms. The highest BCUT2D eigenvalue weighted by molar-refractivity contribution is 5.90. The molecule has 10 atom stereocenters. The number of aliphatic hydroxyl groups is 1. The molecular formula is C42H48O14. The van der Waals surface area contributed by atoms with Crippen LogP contribution in [-0.4, -0.2) is 95.4 Å². The number of hydrogen-bond acceptors (Lipinski definition) is 14. The van der Waals surface area contributed by atoms with Crippen LogP contribution < -0.4 is 0 Å². The van der Waals surface area contributed by atoms with E-state index in [0.29, 0.717) is 5.57 Å². The number of ether oxygens (including phenoxy) is 7. The molecule has 1 aliphatic heterocycles. The fourth-order valence-electron chi connectivity index (χ4n) is 9.86. The van der Waals surface area contributed by atoms with Crippen LogP contribution in [0, 0.1) is 16.7 Å². The third-order valence-corrected chi connectivity index (χ3v) is 12.1. The standard InChI is InChI=1S/C42H48O14/c1-22-29(51-23(2)43)20-41(39(6,7)49)32(22)33(52-24(3)44)35(53-25(4)45)40(8)30(54-37(47)27-15-11-9-12-16-27)19-31-42(21-50-31,56-26(5)46)34(40)36(41)55-38(48)28-17-13-10-14-18-28/h9-18,29-31,33-36,49H,19-21H2,1-8H3/t29-,30-,31+,33+,34+,35-,36-,40+,41-,42-/m0/s1. The minimum atomic E-state index is -1.92. The summed E-state index contributed by atoms with van der Waals surface area (Å²) in [5, 5.41) is 12.7. The topological polar surface area (TPSA) is 187 Å². The Hall–Kier alpha value is -5.08. The number of carbonyl (C=O) groups is 6. The van der Waals surface area contributed by atoms with Crippen molar-refractivity contribution >= 4 is 35.8 Å². The van der Waals surface area contributed by atoms with Gasteiger partial charge in [0.15, 0.2) is 17.8 Å². The van der Waals surface area contributed by atoms with Crippen LogP contribution in [0.2, 0.25) is 0 Å². The smallest absolute Gasteiger partial charge is 0.338 e. The van der Waals surface area contributed by atoms with E-state index < -0.39 is 100 Å². The average Bonchev–Trinajstić information content (AvgIpc) is 3.37. The molecule has 1 saturated heterocycles. The molecule has 2 aromatic carbocycles. The average molecular weight is 777 g/mol. The van der Waals surface area contributed by atoms with E-state index in [1.807, 2.05) is 0 Å². The van der Waals surface area contributed by atoms with Crippen molar-refractivity contribution in [3.8, 4) is 0 Å². The fourth-order valence-corrected chi connectivity index (χ4v) is 9.86. The highest BCUT2D eigenvalue weighted by Gasteiger charge is 2.81. The largest absolute Gasteiger partial charge is 0.458 e. The van der Waals surface area contributed by atoms with E-state index in [-0.39, 0.29) is 36.1 Å². The van der Waals surface area contributed by atoms with Gasteiger partial charge in [0.05, 0.1) is 40.1 Å². The molecular weight excluding hydrogens is 728 g/mol. The van der Waals surface area contributed by atoms with Crippen molar-refractivity contribution in [3.63, 3.8) is 0 Å². The number of hydrogen-bond donors (Lipinski definition) is 1. The SMILES string of the molecule is CC(=O)O[C@H]1C[C@]2(C(C)(C)O)C(=C1C)[C@@H](OC(C)=O)[C@H](OC(C)=O)[C@]1(C)[C@@H](OC(=O)c3ccccc3)C[C@H]3OC[C@@]3(OC(C)=O)[C@@H]1[C@@H]2OC(=O)c1ccccc1. The van der Waals surface area contributed by atoms with Crippen LogP contribution in [0.5, 0.6) is 0 Å². The first-order chi connectivity index (χ1) is 26.3. The van der Waals surface area contributed by atoms with Crippen molar-refractivity contribution < 1.29 is 67.0 Å². The van der Waals surface area contributed by atoms with Gasteiger partial charge in [0, 0.05) is 40.5 Å². The van der Waals surface area contributed by atoms with Crippen molar-refractivity contribution in [2.24, 2.45) is 16.7 Å². The molecule has 3 fully saturated rings. The third kappa shape index (κ3) is 6.66. The van der Waals surface area contributed by atoms with Gasteiger partial charge in [-0.15, -0.1) is 0 Å². The van der Waals surface area contributed by atoms with Crippen molar-refractivity contribution in [3.05, 3.63) is 82.9 Å².